The van der Waals surface area contributed by atoms with Crippen molar-refractivity contribution in [2.45, 2.75) is 11.8 Å². The SMILES string of the molecule is CC(=O)OCCOc1nc(-c2ccccc2)c2cc(S(C)(=O)=O)ccc2n1. The molecule has 8 heteroatoms. The highest BCUT2D eigenvalue weighted by molar-refractivity contribution is 7.90. The van der Waals surface area contributed by atoms with E-state index in [2.05, 4.69) is 9.97 Å². The summed E-state index contributed by atoms with van der Waals surface area (Å²) in [7, 11) is -3.36. The molecule has 7 nitrogen and oxygen atoms in total. The average molecular weight is 386 g/mol. The van der Waals surface area contributed by atoms with Crippen molar-refractivity contribution in [3.63, 3.8) is 0 Å². The van der Waals surface area contributed by atoms with Gasteiger partial charge in [-0.3, -0.25) is 4.79 Å². The van der Waals surface area contributed by atoms with Crippen LogP contribution >= 0.6 is 0 Å². The van der Waals surface area contributed by atoms with E-state index in [0.29, 0.717) is 16.6 Å². The van der Waals surface area contributed by atoms with E-state index in [1.807, 2.05) is 30.3 Å². The van der Waals surface area contributed by atoms with Crippen LogP contribution in [-0.4, -0.2) is 43.8 Å². The van der Waals surface area contributed by atoms with Crippen LogP contribution in [0.1, 0.15) is 6.92 Å². The Hall–Kier alpha value is -3.00. The summed E-state index contributed by atoms with van der Waals surface area (Å²) >= 11 is 0. The van der Waals surface area contributed by atoms with Crippen molar-refractivity contribution in [2.24, 2.45) is 0 Å². The molecule has 0 spiro atoms. The Bertz CT molecular complexity index is 1080. The first-order valence-corrected chi connectivity index (χ1v) is 10.1. The third-order valence-electron chi connectivity index (χ3n) is 3.74. The molecule has 2 aromatic carbocycles. The van der Waals surface area contributed by atoms with Gasteiger partial charge in [0.15, 0.2) is 9.84 Å². The van der Waals surface area contributed by atoms with Crippen molar-refractivity contribution in [3.8, 4) is 17.3 Å². The third kappa shape index (κ3) is 4.59. The molecule has 3 aromatic rings. The molecular weight excluding hydrogens is 368 g/mol. The Morgan fingerprint density at radius 1 is 1.04 bits per heavy atom. The van der Waals surface area contributed by atoms with Crippen LogP contribution in [-0.2, 0) is 19.4 Å². The fourth-order valence-electron chi connectivity index (χ4n) is 2.52. The number of fused-ring (bicyclic) bond motifs is 1. The second-order valence-corrected chi connectivity index (χ2v) is 7.88. The van der Waals surface area contributed by atoms with E-state index < -0.39 is 15.8 Å². The lowest BCUT2D eigenvalue weighted by Gasteiger charge is -2.11. The molecule has 140 valence electrons. The summed E-state index contributed by atoms with van der Waals surface area (Å²) in [5.41, 5.74) is 1.92. The lowest BCUT2D eigenvalue weighted by molar-refractivity contribution is -0.141. The van der Waals surface area contributed by atoms with Gasteiger partial charge in [-0.2, -0.15) is 9.97 Å². The summed E-state index contributed by atoms with van der Waals surface area (Å²) in [5.74, 6) is -0.392. The molecule has 0 aliphatic rings. The van der Waals surface area contributed by atoms with Gasteiger partial charge < -0.3 is 9.47 Å². The predicted molar refractivity (Wildman–Crippen MR) is 100 cm³/mol. The average Bonchev–Trinajstić information content (AvgIpc) is 2.64. The van der Waals surface area contributed by atoms with Crippen LogP contribution in [0, 0.1) is 0 Å². The summed E-state index contributed by atoms with van der Waals surface area (Å²) in [6.07, 6.45) is 1.16. The summed E-state index contributed by atoms with van der Waals surface area (Å²) in [6, 6.07) is 14.2. The zero-order chi connectivity index (χ0) is 19.4. The Kier molecular flexibility index (Phi) is 5.36. The number of ether oxygens (including phenoxy) is 2. The number of sulfone groups is 1. The van der Waals surface area contributed by atoms with E-state index in [0.717, 1.165) is 11.8 Å². The van der Waals surface area contributed by atoms with Crippen molar-refractivity contribution in [1.29, 1.82) is 0 Å². The van der Waals surface area contributed by atoms with Crippen molar-refractivity contribution >= 4 is 26.7 Å². The predicted octanol–water partition coefficient (Wildman–Crippen LogP) is 2.64. The van der Waals surface area contributed by atoms with Gasteiger partial charge in [-0.1, -0.05) is 30.3 Å². The molecular formula is C19H18N2O5S. The molecule has 1 heterocycles. The van der Waals surface area contributed by atoms with Gasteiger partial charge in [-0.15, -0.1) is 0 Å². The fraction of sp³-hybridized carbons (Fsp3) is 0.211. The van der Waals surface area contributed by atoms with Crippen molar-refractivity contribution in [2.75, 3.05) is 19.5 Å². The van der Waals surface area contributed by atoms with E-state index in [1.54, 1.807) is 12.1 Å². The minimum absolute atomic E-state index is 0.0877. The highest BCUT2D eigenvalue weighted by Crippen LogP contribution is 2.29. The van der Waals surface area contributed by atoms with Gasteiger partial charge in [0.2, 0.25) is 0 Å². The van der Waals surface area contributed by atoms with Crippen LogP contribution in [0.2, 0.25) is 0 Å². The lowest BCUT2D eigenvalue weighted by atomic mass is 10.1. The number of carbonyl (C=O) groups is 1. The van der Waals surface area contributed by atoms with E-state index in [9.17, 15) is 13.2 Å². The zero-order valence-corrected chi connectivity index (χ0v) is 15.7. The fourth-order valence-corrected chi connectivity index (χ4v) is 3.16. The number of hydrogen-bond acceptors (Lipinski definition) is 7. The molecule has 0 fully saturated rings. The smallest absolute Gasteiger partial charge is 0.317 e. The normalized spacial score (nSPS) is 11.3. The molecule has 27 heavy (non-hydrogen) atoms. The number of rotatable bonds is 6. The number of nitrogens with zero attached hydrogens (tertiary/aromatic N) is 2. The van der Waals surface area contributed by atoms with Gasteiger partial charge in [0.05, 0.1) is 16.1 Å². The van der Waals surface area contributed by atoms with Crippen molar-refractivity contribution < 1.29 is 22.7 Å². The number of carbonyl (C=O) groups excluding carboxylic acids is 1. The molecule has 0 aliphatic heterocycles. The first-order chi connectivity index (χ1) is 12.8. The van der Waals surface area contributed by atoms with Crippen LogP contribution in [0.3, 0.4) is 0 Å². The van der Waals surface area contributed by atoms with Gasteiger partial charge >= 0.3 is 12.0 Å². The third-order valence-corrected chi connectivity index (χ3v) is 4.85. The second-order valence-electron chi connectivity index (χ2n) is 5.86. The molecule has 0 aliphatic carbocycles. The first-order valence-electron chi connectivity index (χ1n) is 8.18. The topological polar surface area (TPSA) is 95.5 Å². The van der Waals surface area contributed by atoms with Crippen molar-refractivity contribution in [1.82, 2.24) is 9.97 Å². The summed E-state index contributed by atoms with van der Waals surface area (Å²) < 4.78 is 34.2. The molecule has 0 bridgehead atoms. The minimum Gasteiger partial charge on any atom is -0.462 e. The minimum atomic E-state index is -3.36. The maximum Gasteiger partial charge on any atom is 0.317 e. The van der Waals surface area contributed by atoms with Crippen LogP contribution in [0.15, 0.2) is 53.4 Å². The number of benzene rings is 2. The van der Waals surface area contributed by atoms with Crippen LogP contribution < -0.4 is 4.74 Å². The van der Waals surface area contributed by atoms with Gasteiger partial charge in [-0.05, 0) is 18.2 Å². The molecule has 0 atom stereocenters. The van der Waals surface area contributed by atoms with Gasteiger partial charge in [-0.25, -0.2) is 8.42 Å². The molecule has 0 radical (unpaired) electrons. The summed E-state index contributed by atoms with van der Waals surface area (Å²) in [6.45, 7) is 1.52. The first kappa shape index (κ1) is 18.8. The Labute approximate surface area is 156 Å². The molecule has 0 unspecified atom stereocenters. The number of aromatic nitrogens is 2. The molecule has 0 amide bonds. The van der Waals surface area contributed by atoms with E-state index in [4.69, 9.17) is 9.47 Å². The van der Waals surface area contributed by atoms with Crippen LogP contribution in [0.4, 0.5) is 0 Å². The second kappa shape index (κ2) is 7.71. The van der Waals surface area contributed by atoms with Crippen LogP contribution in [0.5, 0.6) is 6.01 Å². The Balaban J connectivity index is 2.06. The monoisotopic (exact) mass is 386 g/mol. The molecule has 1 aromatic heterocycles. The highest BCUT2D eigenvalue weighted by atomic mass is 32.2. The van der Waals surface area contributed by atoms with E-state index in [-0.39, 0.29) is 24.1 Å². The summed E-state index contributed by atoms with van der Waals surface area (Å²) in [4.78, 5) is 19.8. The Morgan fingerprint density at radius 2 is 1.78 bits per heavy atom. The number of esters is 1. The molecule has 3 rings (SSSR count). The van der Waals surface area contributed by atoms with Gasteiger partial charge in [0.25, 0.3) is 0 Å². The van der Waals surface area contributed by atoms with Gasteiger partial charge in [0, 0.05) is 24.1 Å². The zero-order valence-electron chi connectivity index (χ0n) is 14.9. The van der Waals surface area contributed by atoms with E-state index >= 15 is 0 Å². The quantitative estimate of drug-likeness (QED) is 0.475. The molecule has 0 saturated carbocycles. The molecule has 0 saturated heterocycles. The molecule has 0 N–H and O–H groups in total. The maximum atomic E-state index is 11.9. The standard InChI is InChI=1S/C19H18N2O5S/c1-13(22)25-10-11-26-19-20-17-9-8-15(27(2,23)24)12-16(17)18(21-19)14-6-4-3-5-7-14/h3-9,12H,10-11H2,1-2H3. The number of hydrogen-bond donors (Lipinski definition) is 0. The van der Waals surface area contributed by atoms with Crippen LogP contribution in [0.25, 0.3) is 22.2 Å². The van der Waals surface area contributed by atoms with Gasteiger partial charge in [0.1, 0.15) is 13.2 Å². The lowest BCUT2D eigenvalue weighted by Crippen LogP contribution is -2.11. The largest absolute Gasteiger partial charge is 0.462 e. The summed E-state index contributed by atoms with van der Waals surface area (Å²) in [5, 5.41) is 0.608. The van der Waals surface area contributed by atoms with E-state index in [1.165, 1.54) is 13.0 Å². The highest BCUT2D eigenvalue weighted by Gasteiger charge is 2.15. The Morgan fingerprint density at radius 3 is 2.44 bits per heavy atom. The maximum absolute atomic E-state index is 11.9. The van der Waals surface area contributed by atoms with Crippen molar-refractivity contribution in [3.05, 3.63) is 48.5 Å².